The maximum atomic E-state index is 13.9. The molecule has 2 fully saturated rings. The van der Waals surface area contributed by atoms with Crippen LogP contribution in [0.3, 0.4) is 0 Å². The predicted molar refractivity (Wildman–Crippen MR) is 105 cm³/mol. The van der Waals surface area contributed by atoms with Crippen molar-refractivity contribution in [1.29, 1.82) is 0 Å². The van der Waals surface area contributed by atoms with Gasteiger partial charge in [0.1, 0.15) is 11.5 Å². The molecule has 2 unspecified atom stereocenters. The van der Waals surface area contributed by atoms with Crippen LogP contribution >= 0.6 is 0 Å². The molecule has 1 saturated heterocycles. The normalized spacial score (nSPS) is 22.6. The van der Waals surface area contributed by atoms with E-state index in [4.69, 9.17) is 10.5 Å². The predicted octanol–water partition coefficient (Wildman–Crippen LogP) is 2.64. The first kappa shape index (κ1) is 18.1. The number of amides is 1. The van der Waals surface area contributed by atoms with Gasteiger partial charge in [-0.25, -0.2) is 9.37 Å². The van der Waals surface area contributed by atoms with E-state index < -0.39 is 11.7 Å². The number of nitrogens with one attached hydrogen (secondary N) is 1. The second-order valence-corrected chi connectivity index (χ2v) is 7.91. The van der Waals surface area contributed by atoms with Gasteiger partial charge in [0.15, 0.2) is 0 Å². The summed E-state index contributed by atoms with van der Waals surface area (Å²) in [6.07, 6.45) is 6.44. The number of ether oxygens (including phenoxy) is 1. The number of hydrogen-bond acceptors (Lipinski definition) is 6. The van der Waals surface area contributed by atoms with Crippen molar-refractivity contribution in [3.63, 3.8) is 0 Å². The summed E-state index contributed by atoms with van der Waals surface area (Å²) in [6, 6.07) is 6.17. The van der Waals surface area contributed by atoms with Gasteiger partial charge in [0, 0.05) is 35.2 Å². The molecule has 3 N–H and O–H groups in total. The fourth-order valence-corrected chi connectivity index (χ4v) is 4.31. The molecule has 2 aliphatic rings. The standard InChI is InChI=1S/C21H20FN5O2/c22-14-4-12-2-1-3-24-19(12)15(6-14)27-20(28)17-9-25-16(8-26-17)13-5-18(23)21(7-13)10-29-11-21/h1-4,6,8-9,13,18H,5,7,10-11,23H2,(H,27,28). The Morgan fingerprint density at radius 2 is 2.10 bits per heavy atom. The summed E-state index contributed by atoms with van der Waals surface area (Å²) in [6.45, 7) is 1.41. The number of hydrogen-bond donors (Lipinski definition) is 2. The summed E-state index contributed by atoms with van der Waals surface area (Å²) in [5.41, 5.74) is 8.16. The molecule has 1 amide bonds. The van der Waals surface area contributed by atoms with Gasteiger partial charge in [-0.15, -0.1) is 0 Å². The maximum Gasteiger partial charge on any atom is 0.275 e. The summed E-state index contributed by atoms with van der Waals surface area (Å²) in [7, 11) is 0. The first-order valence-corrected chi connectivity index (χ1v) is 9.55. The summed E-state index contributed by atoms with van der Waals surface area (Å²) in [4.78, 5) is 25.6. The quantitative estimate of drug-likeness (QED) is 0.709. The van der Waals surface area contributed by atoms with Gasteiger partial charge >= 0.3 is 0 Å². The van der Waals surface area contributed by atoms with Gasteiger partial charge in [0.2, 0.25) is 0 Å². The molecular formula is C21H20FN5O2. The highest BCUT2D eigenvalue weighted by atomic mass is 19.1. The number of carbonyl (C=O) groups is 1. The Morgan fingerprint density at radius 1 is 1.24 bits per heavy atom. The zero-order valence-electron chi connectivity index (χ0n) is 15.6. The van der Waals surface area contributed by atoms with Gasteiger partial charge in [-0.1, -0.05) is 6.07 Å². The van der Waals surface area contributed by atoms with E-state index in [9.17, 15) is 9.18 Å². The number of nitrogens with two attached hydrogens (primary N) is 1. The molecule has 29 heavy (non-hydrogen) atoms. The summed E-state index contributed by atoms with van der Waals surface area (Å²) >= 11 is 0. The Bertz CT molecular complexity index is 1080. The van der Waals surface area contributed by atoms with Crippen molar-refractivity contribution < 1.29 is 13.9 Å². The van der Waals surface area contributed by atoms with Crippen LogP contribution in [0.4, 0.5) is 10.1 Å². The van der Waals surface area contributed by atoms with Gasteiger partial charge in [-0.2, -0.15) is 0 Å². The van der Waals surface area contributed by atoms with Crippen molar-refractivity contribution in [3.05, 3.63) is 60.1 Å². The fourth-order valence-electron chi connectivity index (χ4n) is 4.31. The Morgan fingerprint density at radius 3 is 2.79 bits per heavy atom. The van der Waals surface area contributed by atoms with Crippen molar-refractivity contribution in [2.24, 2.45) is 11.1 Å². The van der Waals surface area contributed by atoms with Gasteiger partial charge in [-0.3, -0.25) is 14.8 Å². The van der Waals surface area contributed by atoms with Crippen LogP contribution in [-0.4, -0.2) is 40.1 Å². The lowest BCUT2D eigenvalue weighted by molar-refractivity contribution is -0.117. The summed E-state index contributed by atoms with van der Waals surface area (Å²) in [5, 5.41) is 3.30. The van der Waals surface area contributed by atoms with Gasteiger partial charge in [-0.05, 0) is 31.0 Å². The van der Waals surface area contributed by atoms with Crippen LogP contribution in [0.1, 0.15) is 34.9 Å². The lowest BCUT2D eigenvalue weighted by Gasteiger charge is -2.41. The molecule has 1 aromatic carbocycles. The maximum absolute atomic E-state index is 13.9. The van der Waals surface area contributed by atoms with Crippen molar-refractivity contribution in [2.75, 3.05) is 18.5 Å². The largest absolute Gasteiger partial charge is 0.380 e. The van der Waals surface area contributed by atoms with Crippen LogP contribution in [0.5, 0.6) is 0 Å². The van der Waals surface area contributed by atoms with Crippen LogP contribution in [0.25, 0.3) is 10.9 Å². The minimum Gasteiger partial charge on any atom is -0.380 e. The minimum absolute atomic E-state index is 0.0633. The molecule has 1 aliphatic heterocycles. The SMILES string of the molecule is NC1CC(c2cnc(C(=O)Nc3cc(F)cc4cccnc34)cn2)CC12COC2. The first-order valence-electron chi connectivity index (χ1n) is 9.55. The van der Waals surface area contributed by atoms with Crippen molar-refractivity contribution >= 4 is 22.5 Å². The number of anilines is 1. The molecule has 3 heterocycles. The van der Waals surface area contributed by atoms with Crippen LogP contribution in [0.2, 0.25) is 0 Å². The molecule has 0 bridgehead atoms. The number of halogens is 1. The zero-order chi connectivity index (χ0) is 20.0. The number of benzene rings is 1. The molecule has 148 valence electrons. The summed E-state index contributed by atoms with van der Waals surface area (Å²) in [5.74, 6) is -0.697. The molecule has 8 heteroatoms. The van der Waals surface area contributed by atoms with Crippen LogP contribution < -0.4 is 11.1 Å². The highest BCUT2D eigenvalue weighted by Gasteiger charge is 2.51. The van der Waals surface area contributed by atoms with Gasteiger partial charge in [0.05, 0.1) is 36.3 Å². The number of rotatable bonds is 3. The molecular weight excluding hydrogens is 373 g/mol. The Balaban J connectivity index is 1.34. The van der Waals surface area contributed by atoms with Crippen molar-refractivity contribution in [1.82, 2.24) is 15.0 Å². The Kier molecular flexibility index (Phi) is 4.25. The van der Waals surface area contributed by atoms with E-state index in [1.54, 1.807) is 24.5 Å². The highest BCUT2D eigenvalue weighted by molar-refractivity contribution is 6.07. The summed E-state index contributed by atoms with van der Waals surface area (Å²) < 4.78 is 19.2. The Hall–Kier alpha value is -2.97. The number of nitrogens with zero attached hydrogens (tertiary/aromatic N) is 3. The first-order chi connectivity index (χ1) is 14.0. The monoisotopic (exact) mass is 393 g/mol. The zero-order valence-corrected chi connectivity index (χ0v) is 15.6. The molecule has 0 radical (unpaired) electrons. The van der Waals surface area contributed by atoms with E-state index in [0.717, 1.165) is 18.5 Å². The van der Waals surface area contributed by atoms with E-state index in [-0.39, 0.29) is 23.1 Å². The molecule has 2 aromatic heterocycles. The van der Waals surface area contributed by atoms with Crippen LogP contribution in [0, 0.1) is 11.2 Å². The highest BCUT2D eigenvalue weighted by Crippen LogP contribution is 2.49. The van der Waals surface area contributed by atoms with E-state index in [0.29, 0.717) is 29.8 Å². The van der Waals surface area contributed by atoms with Crippen molar-refractivity contribution in [3.8, 4) is 0 Å². The molecule has 5 rings (SSSR count). The molecule has 7 nitrogen and oxygen atoms in total. The minimum atomic E-state index is -0.464. The van der Waals surface area contributed by atoms with Crippen molar-refractivity contribution in [2.45, 2.75) is 24.8 Å². The number of aromatic nitrogens is 3. The number of fused-ring (bicyclic) bond motifs is 1. The molecule has 2 atom stereocenters. The van der Waals surface area contributed by atoms with Gasteiger partial charge < -0.3 is 15.8 Å². The fraction of sp³-hybridized carbons (Fsp3) is 0.333. The second-order valence-electron chi connectivity index (χ2n) is 7.91. The smallest absolute Gasteiger partial charge is 0.275 e. The molecule has 3 aromatic rings. The molecule has 1 aliphatic carbocycles. The molecule has 1 saturated carbocycles. The lowest BCUT2D eigenvalue weighted by atomic mass is 9.80. The second kappa shape index (κ2) is 6.82. The third kappa shape index (κ3) is 3.14. The Labute approximate surface area is 166 Å². The lowest BCUT2D eigenvalue weighted by Crippen LogP contribution is -2.51. The van der Waals surface area contributed by atoms with Crippen LogP contribution in [0.15, 0.2) is 42.9 Å². The van der Waals surface area contributed by atoms with Gasteiger partial charge in [0.25, 0.3) is 5.91 Å². The average molecular weight is 393 g/mol. The van der Waals surface area contributed by atoms with E-state index in [1.165, 1.54) is 18.3 Å². The topological polar surface area (TPSA) is 103 Å². The van der Waals surface area contributed by atoms with E-state index in [1.807, 2.05) is 0 Å². The number of pyridine rings is 1. The number of carbonyl (C=O) groups excluding carboxylic acids is 1. The average Bonchev–Trinajstić information content (AvgIpc) is 3.06. The third-order valence-electron chi connectivity index (χ3n) is 6.00. The van der Waals surface area contributed by atoms with Crippen LogP contribution in [-0.2, 0) is 4.74 Å². The molecule has 1 spiro atoms. The van der Waals surface area contributed by atoms with E-state index in [2.05, 4.69) is 20.3 Å². The van der Waals surface area contributed by atoms with E-state index >= 15 is 0 Å². The third-order valence-corrected chi connectivity index (χ3v) is 6.00.